The molecule has 1 unspecified atom stereocenters. The normalized spacial score (nSPS) is 13.7. The highest BCUT2D eigenvalue weighted by Crippen LogP contribution is 2.22. The lowest BCUT2D eigenvalue weighted by Gasteiger charge is -2.26. The summed E-state index contributed by atoms with van der Waals surface area (Å²) >= 11 is 0. The fourth-order valence-corrected chi connectivity index (χ4v) is 1.72. The van der Waals surface area contributed by atoms with Gasteiger partial charge in [-0.2, -0.15) is 0 Å². The van der Waals surface area contributed by atoms with Crippen LogP contribution in [0, 0.1) is 6.92 Å². The highest BCUT2D eigenvalue weighted by molar-refractivity contribution is 5.27. The lowest BCUT2D eigenvalue weighted by atomic mass is 9.84. The fourth-order valence-electron chi connectivity index (χ4n) is 1.72. The quantitative estimate of drug-likeness (QED) is 0.697. The smallest absolute Gasteiger partial charge is 0.0894 e. The van der Waals surface area contributed by atoms with Gasteiger partial charge >= 0.3 is 0 Å². The van der Waals surface area contributed by atoms with Crippen LogP contribution in [0.3, 0.4) is 0 Å². The fraction of sp³-hybridized carbons (Fsp3) is 0.571. The minimum atomic E-state index is -0.677. The molecule has 0 aliphatic heterocycles. The summed E-state index contributed by atoms with van der Waals surface area (Å²) in [5.41, 5.74) is 2.55. The molecule has 0 fully saturated rings. The zero-order valence-electron chi connectivity index (χ0n) is 10.9. The van der Waals surface area contributed by atoms with Crippen molar-refractivity contribution in [2.24, 2.45) is 0 Å². The molecule has 3 N–H and O–H groups in total. The lowest BCUT2D eigenvalue weighted by molar-refractivity contribution is 0.0934. The van der Waals surface area contributed by atoms with Gasteiger partial charge in [0.05, 0.1) is 12.7 Å². The van der Waals surface area contributed by atoms with Crippen LogP contribution in [0.2, 0.25) is 0 Å². The van der Waals surface area contributed by atoms with E-state index in [0.717, 1.165) is 6.54 Å². The number of aryl methyl sites for hydroxylation is 1. The summed E-state index contributed by atoms with van der Waals surface area (Å²) in [6, 6.07) is 8.50. The highest BCUT2D eigenvalue weighted by Gasteiger charge is 2.20. The number of hydrogen-bond acceptors (Lipinski definition) is 3. The van der Waals surface area contributed by atoms with Gasteiger partial charge in [0.15, 0.2) is 0 Å². The van der Waals surface area contributed by atoms with Crippen LogP contribution in [0.25, 0.3) is 0 Å². The summed E-state index contributed by atoms with van der Waals surface area (Å²) in [6.45, 7) is 7.40. The van der Waals surface area contributed by atoms with Crippen LogP contribution in [-0.2, 0) is 5.41 Å². The maximum absolute atomic E-state index is 9.25. The van der Waals surface area contributed by atoms with Crippen LogP contribution >= 0.6 is 0 Å². The molecule has 1 aromatic rings. The summed E-state index contributed by atoms with van der Waals surface area (Å²) in [5.74, 6) is 0. The molecule has 3 nitrogen and oxygen atoms in total. The average molecular weight is 237 g/mol. The van der Waals surface area contributed by atoms with Gasteiger partial charge in [0, 0.05) is 18.5 Å². The Bertz CT molecular complexity index is 333. The summed E-state index contributed by atoms with van der Waals surface area (Å²) in [7, 11) is 0. The van der Waals surface area contributed by atoms with Crippen molar-refractivity contribution in [2.45, 2.75) is 32.3 Å². The Morgan fingerprint density at radius 3 is 2.35 bits per heavy atom. The Morgan fingerprint density at radius 1 is 1.24 bits per heavy atom. The molecule has 3 heteroatoms. The Morgan fingerprint density at radius 2 is 1.82 bits per heavy atom. The first-order chi connectivity index (χ1) is 7.95. The molecule has 1 atom stereocenters. The van der Waals surface area contributed by atoms with Crippen LogP contribution in [0.1, 0.15) is 25.0 Å². The maximum Gasteiger partial charge on any atom is 0.0894 e. The molecule has 17 heavy (non-hydrogen) atoms. The van der Waals surface area contributed by atoms with Crippen molar-refractivity contribution in [1.29, 1.82) is 0 Å². The standard InChI is InChI=1S/C14H23NO2/c1-11-4-6-12(7-5-11)14(2,3)10-15-8-13(17)9-16/h4-7,13,15-17H,8-10H2,1-3H3. The summed E-state index contributed by atoms with van der Waals surface area (Å²) < 4.78 is 0. The van der Waals surface area contributed by atoms with Gasteiger partial charge in [0.1, 0.15) is 0 Å². The van der Waals surface area contributed by atoms with E-state index in [1.54, 1.807) is 0 Å². The molecule has 1 rings (SSSR count). The minimum Gasteiger partial charge on any atom is -0.394 e. The first-order valence-corrected chi connectivity index (χ1v) is 6.02. The van der Waals surface area contributed by atoms with Gasteiger partial charge in [-0.3, -0.25) is 0 Å². The van der Waals surface area contributed by atoms with Gasteiger partial charge in [0.2, 0.25) is 0 Å². The summed E-state index contributed by atoms with van der Waals surface area (Å²) in [5, 5.41) is 21.2. The second-order valence-corrected chi connectivity index (χ2v) is 5.22. The molecule has 0 saturated heterocycles. The third kappa shape index (κ3) is 4.46. The Balaban J connectivity index is 2.53. The maximum atomic E-state index is 9.25. The average Bonchev–Trinajstić information content (AvgIpc) is 2.29. The van der Waals surface area contributed by atoms with Gasteiger partial charge in [-0.25, -0.2) is 0 Å². The molecule has 0 aliphatic carbocycles. The van der Waals surface area contributed by atoms with E-state index in [4.69, 9.17) is 5.11 Å². The number of aliphatic hydroxyl groups excluding tert-OH is 2. The number of rotatable bonds is 6. The van der Waals surface area contributed by atoms with E-state index in [1.807, 2.05) is 0 Å². The lowest BCUT2D eigenvalue weighted by Crippen LogP contribution is -2.38. The summed E-state index contributed by atoms with van der Waals surface area (Å²) in [6.07, 6.45) is -0.677. The third-order valence-corrected chi connectivity index (χ3v) is 2.99. The van der Waals surface area contributed by atoms with E-state index in [-0.39, 0.29) is 12.0 Å². The molecule has 0 spiro atoms. The van der Waals surface area contributed by atoms with Crippen molar-refractivity contribution in [2.75, 3.05) is 19.7 Å². The van der Waals surface area contributed by atoms with Gasteiger partial charge in [-0.1, -0.05) is 43.7 Å². The molecular formula is C14H23NO2. The number of benzene rings is 1. The van der Waals surface area contributed by atoms with Crippen molar-refractivity contribution in [3.05, 3.63) is 35.4 Å². The minimum absolute atomic E-state index is 0.0167. The first-order valence-electron chi connectivity index (χ1n) is 6.02. The first kappa shape index (κ1) is 14.2. The molecular weight excluding hydrogens is 214 g/mol. The van der Waals surface area contributed by atoms with Gasteiger partial charge in [-0.05, 0) is 12.5 Å². The Hall–Kier alpha value is -0.900. The molecule has 0 amide bonds. The summed E-state index contributed by atoms with van der Waals surface area (Å²) in [4.78, 5) is 0. The largest absolute Gasteiger partial charge is 0.394 e. The van der Waals surface area contributed by atoms with Crippen LogP contribution < -0.4 is 5.32 Å². The Labute approximate surface area is 103 Å². The van der Waals surface area contributed by atoms with Crippen molar-refractivity contribution in [1.82, 2.24) is 5.32 Å². The molecule has 0 aromatic heterocycles. The van der Waals surface area contributed by atoms with Crippen molar-refractivity contribution < 1.29 is 10.2 Å². The predicted molar refractivity (Wildman–Crippen MR) is 70.2 cm³/mol. The van der Waals surface area contributed by atoms with Gasteiger partial charge in [0.25, 0.3) is 0 Å². The Kier molecular flexibility index (Phi) is 5.12. The predicted octanol–water partition coefficient (Wildman–Crippen LogP) is 1.22. The monoisotopic (exact) mass is 237 g/mol. The topological polar surface area (TPSA) is 52.5 Å². The second-order valence-electron chi connectivity index (χ2n) is 5.22. The highest BCUT2D eigenvalue weighted by atomic mass is 16.3. The van der Waals surface area contributed by atoms with E-state index in [1.165, 1.54) is 11.1 Å². The van der Waals surface area contributed by atoms with Crippen LogP contribution in [0.15, 0.2) is 24.3 Å². The number of nitrogens with one attached hydrogen (secondary N) is 1. The van der Waals surface area contributed by atoms with E-state index in [9.17, 15) is 5.11 Å². The van der Waals surface area contributed by atoms with E-state index in [0.29, 0.717) is 6.54 Å². The van der Waals surface area contributed by atoms with Crippen LogP contribution in [-0.4, -0.2) is 36.0 Å². The molecule has 96 valence electrons. The molecule has 1 aromatic carbocycles. The van der Waals surface area contributed by atoms with Crippen molar-refractivity contribution in [3.8, 4) is 0 Å². The zero-order chi connectivity index (χ0) is 12.9. The molecule has 0 saturated carbocycles. The van der Waals surface area contributed by atoms with Crippen molar-refractivity contribution >= 4 is 0 Å². The van der Waals surface area contributed by atoms with Gasteiger partial charge in [-0.15, -0.1) is 0 Å². The second kappa shape index (κ2) is 6.15. The van der Waals surface area contributed by atoms with E-state index in [2.05, 4.69) is 50.4 Å². The molecule has 0 bridgehead atoms. The molecule has 0 heterocycles. The van der Waals surface area contributed by atoms with E-state index < -0.39 is 6.10 Å². The van der Waals surface area contributed by atoms with Crippen LogP contribution in [0.4, 0.5) is 0 Å². The van der Waals surface area contributed by atoms with Crippen LogP contribution in [0.5, 0.6) is 0 Å². The van der Waals surface area contributed by atoms with E-state index >= 15 is 0 Å². The SMILES string of the molecule is Cc1ccc(C(C)(C)CNCC(O)CO)cc1. The molecule has 0 radical (unpaired) electrons. The van der Waals surface area contributed by atoms with Crippen molar-refractivity contribution in [3.63, 3.8) is 0 Å². The van der Waals surface area contributed by atoms with Gasteiger partial charge < -0.3 is 15.5 Å². The number of aliphatic hydroxyl groups is 2. The number of hydrogen-bond donors (Lipinski definition) is 3. The third-order valence-electron chi connectivity index (χ3n) is 2.99. The zero-order valence-corrected chi connectivity index (χ0v) is 10.9. The molecule has 0 aliphatic rings.